The number of guanidine groups is 1. The number of ether oxygens (including phenoxy) is 1. The van der Waals surface area contributed by atoms with E-state index >= 15 is 0 Å². The molecule has 0 aromatic carbocycles. The van der Waals surface area contributed by atoms with Gasteiger partial charge in [0.15, 0.2) is 5.96 Å². The van der Waals surface area contributed by atoms with Crippen LogP contribution in [0.25, 0.3) is 0 Å². The normalized spacial score (nSPS) is 15.0. The summed E-state index contributed by atoms with van der Waals surface area (Å²) in [5.41, 5.74) is 0. The first kappa shape index (κ1) is 26.1. The Morgan fingerprint density at radius 3 is 2.69 bits per heavy atom. The average molecular weight is 539 g/mol. The Balaban J connectivity index is 0.00000420. The molecule has 2 heterocycles. The number of likely N-dealkylation sites (N-methyl/N-ethyl adjacent to an activating group) is 2. The molecular weight excluding hydrogens is 503 g/mol. The van der Waals surface area contributed by atoms with Gasteiger partial charge in [0.2, 0.25) is 5.91 Å². The number of nitrogens with one attached hydrogen (secondary N) is 1. The molecule has 10 heteroatoms. The molecule has 2 rings (SSSR count). The fraction of sp³-hybridized carbons (Fsp3) is 0.737. The molecule has 0 unspecified atom stereocenters. The first-order valence-electron chi connectivity index (χ1n) is 9.86. The highest BCUT2D eigenvalue weighted by atomic mass is 127. The van der Waals surface area contributed by atoms with Gasteiger partial charge in [-0.2, -0.15) is 0 Å². The van der Waals surface area contributed by atoms with Crippen molar-refractivity contribution in [2.45, 2.75) is 19.8 Å². The van der Waals surface area contributed by atoms with Crippen molar-refractivity contribution >= 4 is 47.2 Å². The number of carbonyl (C=O) groups is 1. The first-order chi connectivity index (χ1) is 13.5. The quantitative estimate of drug-likeness (QED) is 0.221. The molecule has 1 aliphatic heterocycles. The van der Waals surface area contributed by atoms with Crippen LogP contribution in [-0.4, -0.2) is 105 Å². The van der Waals surface area contributed by atoms with Crippen molar-refractivity contribution in [1.29, 1.82) is 0 Å². The molecule has 1 aliphatic rings. The Morgan fingerprint density at radius 1 is 1.34 bits per heavy atom. The third kappa shape index (κ3) is 10.1. The largest absolute Gasteiger partial charge is 0.379 e. The van der Waals surface area contributed by atoms with Crippen molar-refractivity contribution in [3.63, 3.8) is 0 Å². The van der Waals surface area contributed by atoms with E-state index < -0.39 is 0 Å². The van der Waals surface area contributed by atoms with Gasteiger partial charge >= 0.3 is 0 Å². The highest BCUT2D eigenvalue weighted by Crippen LogP contribution is 2.11. The van der Waals surface area contributed by atoms with Gasteiger partial charge in [-0.05, 0) is 19.9 Å². The van der Waals surface area contributed by atoms with Gasteiger partial charge in [0.1, 0.15) is 6.54 Å². The van der Waals surface area contributed by atoms with Crippen LogP contribution in [0.2, 0.25) is 0 Å². The van der Waals surface area contributed by atoms with E-state index in [9.17, 15) is 4.79 Å². The van der Waals surface area contributed by atoms with Gasteiger partial charge in [0.05, 0.1) is 18.2 Å². The smallest absolute Gasteiger partial charge is 0.243 e. The predicted molar refractivity (Wildman–Crippen MR) is 129 cm³/mol. The minimum atomic E-state index is -0.00318. The van der Waals surface area contributed by atoms with Crippen molar-refractivity contribution in [1.82, 2.24) is 25.0 Å². The monoisotopic (exact) mass is 538 g/mol. The van der Waals surface area contributed by atoms with Gasteiger partial charge in [-0.1, -0.05) is 0 Å². The lowest BCUT2D eigenvalue weighted by atomic mass is 10.3. The van der Waals surface area contributed by atoms with Crippen LogP contribution < -0.4 is 5.32 Å². The van der Waals surface area contributed by atoms with Gasteiger partial charge in [0, 0.05) is 64.8 Å². The number of aliphatic imine (C=N–C) groups is 1. The molecule has 1 fully saturated rings. The Hall–Kier alpha value is -0.980. The number of nitrogens with zero attached hydrogens (tertiary/aromatic N) is 5. The third-order valence-electron chi connectivity index (χ3n) is 4.59. The van der Waals surface area contributed by atoms with Crippen molar-refractivity contribution in [2.75, 3.05) is 73.6 Å². The number of hydrogen-bond acceptors (Lipinski definition) is 6. The zero-order chi connectivity index (χ0) is 20.4. The number of thiazole rings is 1. The van der Waals surface area contributed by atoms with Crippen LogP contribution >= 0.6 is 35.3 Å². The number of amides is 1. The van der Waals surface area contributed by atoms with E-state index in [2.05, 4.69) is 32.0 Å². The van der Waals surface area contributed by atoms with Gasteiger partial charge in [-0.3, -0.25) is 9.69 Å². The average Bonchev–Trinajstić information content (AvgIpc) is 3.11. The fourth-order valence-corrected chi connectivity index (χ4v) is 3.59. The Bertz CT molecular complexity index is 634. The zero-order valence-electron chi connectivity index (χ0n) is 18.0. The molecule has 0 atom stereocenters. The summed E-state index contributed by atoms with van der Waals surface area (Å²) >= 11 is 1.73. The van der Waals surface area contributed by atoms with E-state index in [0.29, 0.717) is 0 Å². The van der Waals surface area contributed by atoms with E-state index in [4.69, 9.17) is 4.74 Å². The maximum Gasteiger partial charge on any atom is 0.243 e. The number of aryl methyl sites for hydroxylation is 1. The number of rotatable bonds is 9. The molecule has 0 spiro atoms. The highest BCUT2D eigenvalue weighted by Gasteiger charge is 2.12. The molecule has 0 radical (unpaired) electrons. The second-order valence-corrected chi connectivity index (χ2v) is 8.52. The summed E-state index contributed by atoms with van der Waals surface area (Å²) in [4.78, 5) is 28.2. The van der Waals surface area contributed by atoms with Crippen LogP contribution in [0, 0.1) is 6.92 Å². The van der Waals surface area contributed by atoms with Crippen molar-refractivity contribution in [2.24, 2.45) is 4.99 Å². The van der Waals surface area contributed by atoms with Crippen molar-refractivity contribution in [3.05, 3.63) is 16.1 Å². The first-order valence-corrected chi connectivity index (χ1v) is 10.7. The van der Waals surface area contributed by atoms with Gasteiger partial charge in [-0.15, -0.1) is 35.3 Å². The summed E-state index contributed by atoms with van der Waals surface area (Å²) in [5, 5.41) is 4.55. The van der Waals surface area contributed by atoms with E-state index in [1.165, 1.54) is 4.88 Å². The molecular formula is C19H35IN6O2S. The van der Waals surface area contributed by atoms with E-state index in [-0.39, 0.29) is 36.4 Å². The molecule has 0 bridgehead atoms. The Labute approximate surface area is 195 Å². The number of carbonyl (C=O) groups excluding carboxylic acids is 1. The van der Waals surface area contributed by atoms with E-state index in [0.717, 1.165) is 69.7 Å². The Morgan fingerprint density at radius 2 is 2.07 bits per heavy atom. The summed E-state index contributed by atoms with van der Waals surface area (Å²) < 4.78 is 5.39. The SMILES string of the molecule is Cc1cnc(CCN(C)C(=NCC(=O)N(C)C)NCCCN2CCOCC2)s1.I. The molecule has 1 N–H and O–H groups in total. The van der Waals surface area contributed by atoms with Gasteiger partial charge in [-0.25, -0.2) is 9.98 Å². The molecule has 1 aromatic rings. The number of morpholine rings is 1. The van der Waals surface area contributed by atoms with Crippen LogP contribution in [0.5, 0.6) is 0 Å². The van der Waals surface area contributed by atoms with Gasteiger partial charge in [0.25, 0.3) is 0 Å². The summed E-state index contributed by atoms with van der Waals surface area (Å²) in [6.45, 7) is 8.56. The molecule has 166 valence electrons. The predicted octanol–water partition coefficient (Wildman–Crippen LogP) is 1.30. The maximum absolute atomic E-state index is 11.9. The standard InChI is InChI=1S/C19H34N6O2S.HI/c1-16-14-21-17(28-16)6-9-24(4)19(22-15-18(26)23(2)3)20-7-5-8-25-10-12-27-13-11-25;/h14H,5-13,15H2,1-4H3,(H,20,22);1H. The fourth-order valence-electron chi connectivity index (χ4n) is 2.81. The molecule has 1 amide bonds. The lowest BCUT2D eigenvalue weighted by Crippen LogP contribution is -2.42. The third-order valence-corrected chi connectivity index (χ3v) is 5.57. The van der Waals surface area contributed by atoms with Crippen molar-refractivity contribution in [3.8, 4) is 0 Å². The number of hydrogen-bond donors (Lipinski definition) is 1. The number of aromatic nitrogens is 1. The summed E-state index contributed by atoms with van der Waals surface area (Å²) in [6, 6.07) is 0. The lowest BCUT2D eigenvalue weighted by Gasteiger charge is -2.27. The Kier molecular flexibility index (Phi) is 12.7. The van der Waals surface area contributed by atoms with E-state index in [1.807, 2.05) is 13.2 Å². The molecule has 0 aliphatic carbocycles. The molecule has 29 heavy (non-hydrogen) atoms. The van der Waals surface area contributed by atoms with Crippen LogP contribution in [0.15, 0.2) is 11.2 Å². The minimum absolute atomic E-state index is 0. The van der Waals surface area contributed by atoms with Crippen LogP contribution in [0.4, 0.5) is 0 Å². The summed E-state index contributed by atoms with van der Waals surface area (Å²) in [5.74, 6) is 0.766. The number of halogens is 1. The van der Waals surface area contributed by atoms with Crippen LogP contribution in [0.1, 0.15) is 16.3 Å². The lowest BCUT2D eigenvalue weighted by molar-refractivity contribution is -0.127. The van der Waals surface area contributed by atoms with Crippen molar-refractivity contribution < 1.29 is 9.53 Å². The second kappa shape index (κ2) is 14.1. The molecule has 1 aromatic heterocycles. The van der Waals surface area contributed by atoms with E-state index in [1.54, 1.807) is 30.3 Å². The highest BCUT2D eigenvalue weighted by molar-refractivity contribution is 14.0. The molecule has 1 saturated heterocycles. The zero-order valence-corrected chi connectivity index (χ0v) is 21.2. The van der Waals surface area contributed by atoms with Gasteiger partial charge < -0.3 is 19.9 Å². The summed E-state index contributed by atoms with van der Waals surface area (Å²) in [6.07, 6.45) is 3.81. The topological polar surface area (TPSA) is 73.3 Å². The minimum Gasteiger partial charge on any atom is -0.379 e. The summed E-state index contributed by atoms with van der Waals surface area (Å²) in [7, 11) is 5.51. The molecule has 8 nitrogen and oxygen atoms in total. The second-order valence-electron chi connectivity index (χ2n) is 7.20. The maximum atomic E-state index is 11.9. The molecule has 0 saturated carbocycles. The van der Waals surface area contributed by atoms with Crippen LogP contribution in [0.3, 0.4) is 0 Å². The van der Waals surface area contributed by atoms with Crippen LogP contribution in [-0.2, 0) is 16.0 Å².